The Bertz CT molecular complexity index is 886. The Balaban J connectivity index is 1.72. The summed E-state index contributed by atoms with van der Waals surface area (Å²) >= 11 is 0. The van der Waals surface area contributed by atoms with E-state index in [9.17, 15) is 4.79 Å². The third-order valence-corrected chi connectivity index (χ3v) is 4.23. The molecule has 0 aliphatic heterocycles. The zero-order valence-corrected chi connectivity index (χ0v) is 15.4. The first-order valence-corrected chi connectivity index (χ1v) is 9.07. The van der Waals surface area contributed by atoms with E-state index in [4.69, 9.17) is 4.74 Å². The van der Waals surface area contributed by atoms with Crippen LogP contribution in [0.25, 0.3) is 11.0 Å². The lowest BCUT2D eigenvalue weighted by Gasteiger charge is -2.12. The predicted molar refractivity (Wildman–Crippen MR) is 103 cm³/mol. The highest BCUT2D eigenvalue weighted by Crippen LogP contribution is 2.17. The lowest BCUT2D eigenvalue weighted by molar-refractivity contribution is -0.121. The zero-order chi connectivity index (χ0) is 18.4. The maximum atomic E-state index is 11.8. The minimum Gasteiger partial charge on any atom is -0.492 e. The fourth-order valence-corrected chi connectivity index (χ4v) is 2.96. The first-order chi connectivity index (χ1) is 12.7. The molecule has 1 N–H and O–H groups in total. The van der Waals surface area contributed by atoms with Crippen molar-refractivity contribution in [1.29, 1.82) is 0 Å². The zero-order valence-electron chi connectivity index (χ0n) is 15.4. The summed E-state index contributed by atoms with van der Waals surface area (Å²) in [6, 6.07) is 16.0. The number of carbonyl (C=O) groups is 1. The number of imidazole rings is 1. The smallest absolute Gasteiger partial charge is 0.220 e. The number of nitrogens with zero attached hydrogens (tertiary/aromatic N) is 2. The molecule has 3 rings (SSSR count). The molecule has 1 heterocycles. The summed E-state index contributed by atoms with van der Waals surface area (Å²) in [7, 11) is 0. The van der Waals surface area contributed by atoms with Crippen LogP contribution in [-0.2, 0) is 17.9 Å². The Morgan fingerprint density at radius 2 is 2.04 bits per heavy atom. The highest BCUT2D eigenvalue weighted by Gasteiger charge is 2.11. The van der Waals surface area contributed by atoms with Crippen molar-refractivity contribution >= 4 is 16.9 Å². The van der Waals surface area contributed by atoms with Gasteiger partial charge in [-0.1, -0.05) is 31.2 Å². The number of aryl methyl sites for hydroxylation is 1. The van der Waals surface area contributed by atoms with E-state index in [0.29, 0.717) is 26.1 Å². The molecule has 0 fully saturated rings. The molecule has 136 valence electrons. The fraction of sp³-hybridized carbons (Fsp3) is 0.333. The van der Waals surface area contributed by atoms with Gasteiger partial charge in [-0.15, -0.1) is 0 Å². The van der Waals surface area contributed by atoms with Gasteiger partial charge in [-0.05, 0) is 43.2 Å². The molecule has 5 nitrogen and oxygen atoms in total. The second-order valence-electron chi connectivity index (χ2n) is 6.36. The van der Waals surface area contributed by atoms with Crippen LogP contribution >= 0.6 is 0 Å². The summed E-state index contributed by atoms with van der Waals surface area (Å²) in [6.45, 7) is 5.69. The molecule has 0 unspecified atom stereocenters. The summed E-state index contributed by atoms with van der Waals surface area (Å²) in [6.07, 6.45) is 1.38. The van der Waals surface area contributed by atoms with Gasteiger partial charge in [0.2, 0.25) is 5.91 Å². The number of amides is 1. The second-order valence-corrected chi connectivity index (χ2v) is 6.36. The maximum absolute atomic E-state index is 11.8. The SMILES string of the molecule is CCCC(=O)NCc1nc2ccccc2n1CCOc1cccc(C)c1. The Morgan fingerprint density at radius 1 is 1.19 bits per heavy atom. The lowest BCUT2D eigenvalue weighted by atomic mass is 10.2. The molecule has 0 aliphatic rings. The highest BCUT2D eigenvalue weighted by molar-refractivity contribution is 5.77. The molecule has 0 saturated carbocycles. The molecule has 1 amide bonds. The number of benzene rings is 2. The van der Waals surface area contributed by atoms with Crippen LogP contribution in [0.5, 0.6) is 5.75 Å². The van der Waals surface area contributed by atoms with E-state index >= 15 is 0 Å². The average molecular weight is 351 g/mol. The van der Waals surface area contributed by atoms with Gasteiger partial charge in [0.1, 0.15) is 18.2 Å². The number of rotatable bonds is 8. The third-order valence-electron chi connectivity index (χ3n) is 4.23. The average Bonchev–Trinajstić information content (AvgIpc) is 2.98. The standard InChI is InChI=1S/C21H25N3O2/c1-3-7-21(25)22-15-20-23-18-10-4-5-11-19(18)24(20)12-13-26-17-9-6-8-16(2)14-17/h4-6,8-11,14H,3,7,12-13,15H2,1-2H3,(H,22,25). The second kappa shape index (κ2) is 8.52. The van der Waals surface area contributed by atoms with Gasteiger partial charge in [0, 0.05) is 6.42 Å². The molecule has 0 radical (unpaired) electrons. The predicted octanol–water partition coefficient (Wildman–Crippen LogP) is 3.84. The molecular formula is C21H25N3O2. The van der Waals surface area contributed by atoms with Crippen molar-refractivity contribution in [2.24, 2.45) is 0 Å². The molecule has 0 aliphatic carbocycles. The minimum absolute atomic E-state index is 0.0575. The molecule has 1 aromatic heterocycles. The monoisotopic (exact) mass is 351 g/mol. The molecule has 0 spiro atoms. The van der Waals surface area contributed by atoms with Gasteiger partial charge >= 0.3 is 0 Å². The number of hydrogen-bond donors (Lipinski definition) is 1. The van der Waals surface area contributed by atoms with E-state index in [1.54, 1.807) is 0 Å². The van der Waals surface area contributed by atoms with Crippen LogP contribution in [0.2, 0.25) is 0 Å². The Morgan fingerprint density at radius 3 is 2.85 bits per heavy atom. The van der Waals surface area contributed by atoms with E-state index in [-0.39, 0.29) is 5.91 Å². The van der Waals surface area contributed by atoms with Crippen molar-refractivity contribution in [1.82, 2.24) is 14.9 Å². The normalized spacial score (nSPS) is 10.8. The minimum atomic E-state index is 0.0575. The quantitative estimate of drug-likeness (QED) is 0.671. The van der Waals surface area contributed by atoms with Gasteiger partial charge in [-0.3, -0.25) is 4.79 Å². The van der Waals surface area contributed by atoms with Crippen molar-refractivity contribution in [2.45, 2.75) is 39.8 Å². The fourth-order valence-electron chi connectivity index (χ4n) is 2.96. The molecule has 5 heteroatoms. The van der Waals surface area contributed by atoms with Gasteiger partial charge in [0.05, 0.1) is 24.1 Å². The van der Waals surface area contributed by atoms with Gasteiger partial charge in [0.25, 0.3) is 0 Å². The van der Waals surface area contributed by atoms with Crippen LogP contribution in [-0.4, -0.2) is 22.1 Å². The van der Waals surface area contributed by atoms with Crippen molar-refractivity contribution in [3.05, 3.63) is 59.9 Å². The van der Waals surface area contributed by atoms with Crippen LogP contribution in [0.3, 0.4) is 0 Å². The third kappa shape index (κ3) is 4.42. The number of nitrogens with one attached hydrogen (secondary N) is 1. The highest BCUT2D eigenvalue weighted by atomic mass is 16.5. The van der Waals surface area contributed by atoms with Crippen LogP contribution in [0.4, 0.5) is 0 Å². The Labute approximate surface area is 154 Å². The number of fused-ring (bicyclic) bond motifs is 1. The van der Waals surface area contributed by atoms with E-state index < -0.39 is 0 Å². The van der Waals surface area contributed by atoms with Crippen LogP contribution < -0.4 is 10.1 Å². The summed E-state index contributed by atoms with van der Waals surface area (Å²) in [4.78, 5) is 16.5. The summed E-state index contributed by atoms with van der Waals surface area (Å²) in [5, 5.41) is 2.95. The molecule has 0 atom stereocenters. The van der Waals surface area contributed by atoms with Crippen LogP contribution in [0, 0.1) is 6.92 Å². The van der Waals surface area contributed by atoms with Crippen molar-refractivity contribution < 1.29 is 9.53 Å². The van der Waals surface area contributed by atoms with Gasteiger partial charge in [-0.25, -0.2) is 4.98 Å². The number of para-hydroxylation sites is 2. The van der Waals surface area contributed by atoms with Gasteiger partial charge in [-0.2, -0.15) is 0 Å². The first kappa shape index (κ1) is 18.0. The van der Waals surface area contributed by atoms with Crippen molar-refractivity contribution in [3.63, 3.8) is 0 Å². The first-order valence-electron chi connectivity index (χ1n) is 9.07. The Kier molecular flexibility index (Phi) is 5.89. The number of carbonyl (C=O) groups excluding carboxylic acids is 1. The summed E-state index contributed by atoms with van der Waals surface area (Å²) < 4.78 is 8.01. The molecule has 2 aromatic carbocycles. The van der Waals surface area contributed by atoms with E-state index in [0.717, 1.165) is 29.0 Å². The van der Waals surface area contributed by atoms with E-state index in [1.807, 2.05) is 62.4 Å². The topological polar surface area (TPSA) is 56.2 Å². The van der Waals surface area contributed by atoms with Gasteiger partial charge in [0.15, 0.2) is 0 Å². The maximum Gasteiger partial charge on any atom is 0.220 e. The molecule has 3 aromatic rings. The van der Waals surface area contributed by atoms with E-state index in [1.165, 1.54) is 5.56 Å². The summed E-state index contributed by atoms with van der Waals surface area (Å²) in [5.74, 6) is 1.78. The molecule has 0 saturated heterocycles. The molecule has 0 bridgehead atoms. The summed E-state index contributed by atoms with van der Waals surface area (Å²) in [5.41, 5.74) is 3.16. The Hall–Kier alpha value is -2.82. The van der Waals surface area contributed by atoms with Crippen molar-refractivity contribution in [2.75, 3.05) is 6.61 Å². The van der Waals surface area contributed by atoms with Gasteiger partial charge < -0.3 is 14.6 Å². The van der Waals surface area contributed by atoms with E-state index in [2.05, 4.69) is 14.9 Å². The van der Waals surface area contributed by atoms with Crippen molar-refractivity contribution in [3.8, 4) is 5.75 Å². The molecule has 26 heavy (non-hydrogen) atoms. The molecular weight excluding hydrogens is 326 g/mol. The largest absolute Gasteiger partial charge is 0.492 e. The van der Waals surface area contributed by atoms with Crippen LogP contribution in [0.15, 0.2) is 48.5 Å². The number of aromatic nitrogens is 2. The number of hydrogen-bond acceptors (Lipinski definition) is 3. The lowest BCUT2D eigenvalue weighted by Crippen LogP contribution is -2.24. The number of ether oxygens (including phenoxy) is 1. The van der Waals surface area contributed by atoms with Crippen LogP contribution in [0.1, 0.15) is 31.2 Å².